The minimum Gasteiger partial charge on any atom is -0.497 e. The van der Waals surface area contributed by atoms with E-state index in [0.29, 0.717) is 0 Å². The van der Waals surface area contributed by atoms with Gasteiger partial charge in [-0.05, 0) is 17.7 Å². The summed E-state index contributed by atoms with van der Waals surface area (Å²) in [5.41, 5.74) is 1.10. The summed E-state index contributed by atoms with van der Waals surface area (Å²) in [6.07, 6.45) is 0.0734. The largest absolute Gasteiger partial charge is 0.497 e. The molecule has 0 spiro atoms. The molecular formula is C10H12O3. The molecule has 2 atom stereocenters. The molecule has 0 radical (unpaired) electrons. The molecule has 0 aromatic heterocycles. The zero-order chi connectivity index (χ0) is 9.26. The smallest absolute Gasteiger partial charge is 0.118 e. The second-order valence-corrected chi connectivity index (χ2v) is 3.05. The van der Waals surface area contributed by atoms with Gasteiger partial charge in [0.1, 0.15) is 18.0 Å². The lowest BCUT2D eigenvalue weighted by Gasteiger charge is -1.99. The van der Waals surface area contributed by atoms with Crippen molar-refractivity contribution in [2.24, 2.45) is 0 Å². The Labute approximate surface area is 76.9 Å². The molecule has 1 fully saturated rings. The van der Waals surface area contributed by atoms with E-state index < -0.39 is 0 Å². The number of methoxy groups -OCH3 is 1. The van der Waals surface area contributed by atoms with Crippen LogP contribution < -0.4 is 4.74 Å². The third-order valence-electron chi connectivity index (χ3n) is 2.21. The lowest BCUT2D eigenvalue weighted by molar-refractivity contribution is 0.242. The van der Waals surface area contributed by atoms with Crippen LogP contribution in [0.2, 0.25) is 0 Å². The van der Waals surface area contributed by atoms with Crippen molar-refractivity contribution in [2.45, 2.75) is 12.2 Å². The third-order valence-corrected chi connectivity index (χ3v) is 2.21. The number of hydrogen-bond acceptors (Lipinski definition) is 3. The maximum atomic E-state index is 8.79. The van der Waals surface area contributed by atoms with Crippen molar-refractivity contribution in [3.8, 4) is 5.75 Å². The highest BCUT2D eigenvalue weighted by molar-refractivity contribution is 5.30. The Morgan fingerprint density at radius 1 is 1.38 bits per heavy atom. The van der Waals surface area contributed by atoms with E-state index in [0.717, 1.165) is 11.3 Å². The zero-order valence-corrected chi connectivity index (χ0v) is 7.43. The molecule has 1 aromatic rings. The first-order valence-corrected chi connectivity index (χ1v) is 4.25. The van der Waals surface area contributed by atoms with Crippen LogP contribution in [-0.4, -0.2) is 24.9 Å². The number of rotatable bonds is 3. The molecule has 2 rings (SSSR count). The fourth-order valence-electron chi connectivity index (χ4n) is 1.37. The van der Waals surface area contributed by atoms with Crippen LogP contribution in [0.5, 0.6) is 5.75 Å². The van der Waals surface area contributed by atoms with Crippen LogP contribution in [0, 0.1) is 0 Å². The molecule has 13 heavy (non-hydrogen) atoms. The van der Waals surface area contributed by atoms with Crippen LogP contribution in [0.4, 0.5) is 0 Å². The van der Waals surface area contributed by atoms with E-state index in [-0.39, 0.29) is 18.8 Å². The lowest BCUT2D eigenvalue weighted by Crippen LogP contribution is -1.94. The van der Waals surface area contributed by atoms with E-state index in [2.05, 4.69) is 0 Å². The maximum absolute atomic E-state index is 8.79. The molecule has 1 aromatic carbocycles. The van der Waals surface area contributed by atoms with Crippen molar-refractivity contribution < 1.29 is 14.6 Å². The van der Waals surface area contributed by atoms with Gasteiger partial charge in [-0.15, -0.1) is 0 Å². The van der Waals surface area contributed by atoms with Gasteiger partial charge in [-0.25, -0.2) is 0 Å². The summed E-state index contributed by atoms with van der Waals surface area (Å²) in [5.74, 6) is 0.838. The predicted octanol–water partition coefficient (Wildman–Crippen LogP) is 1.13. The first-order valence-electron chi connectivity index (χ1n) is 4.25. The molecule has 0 amide bonds. The Bertz CT molecular complexity index is 281. The molecule has 0 unspecified atom stereocenters. The number of epoxide rings is 1. The Morgan fingerprint density at radius 2 is 2.08 bits per heavy atom. The van der Waals surface area contributed by atoms with E-state index in [1.165, 1.54) is 0 Å². The van der Waals surface area contributed by atoms with Crippen molar-refractivity contribution in [2.75, 3.05) is 13.7 Å². The van der Waals surface area contributed by atoms with Crippen LogP contribution >= 0.6 is 0 Å². The highest BCUT2D eigenvalue weighted by Gasteiger charge is 2.39. The minimum absolute atomic E-state index is 0.00612. The average molecular weight is 180 g/mol. The molecule has 1 saturated heterocycles. The van der Waals surface area contributed by atoms with E-state index in [1.54, 1.807) is 7.11 Å². The van der Waals surface area contributed by atoms with Gasteiger partial charge < -0.3 is 14.6 Å². The van der Waals surface area contributed by atoms with E-state index in [1.807, 2.05) is 24.3 Å². The number of hydrogen-bond donors (Lipinski definition) is 1. The highest BCUT2D eigenvalue weighted by Crippen LogP contribution is 2.38. The Balaban J connectivity index is 2.07. The van der Waals surface area contributed by atoms with Gasteiger partial charge in [0.2, 0.25) is 0 Å². The van der Waals surface area contributed by atoms with E-state index in [9.17, 15) is 0 Å². The van der Waals surface area contributed by atoms with Crippen molar-refractivity contribution >= 4 is 0 Å². The van der Waals surface area contributed by atoms with Gasteiger partial charge in [0.25, 0.3) is 0 Å². The van der Waals surface area contributed by atoms with Crippen LogP contribution in [-0.2, 0) is 4.74 Å². The average Bonchev–Trinajstić information content (AvgIpc) is 2.97. The topological polar surface area (TPSA) is 42.0 Å². The van der Waals surface area contributed by atoms with Crippen molar-refractivity contribution in [3.05, 3.63) is 29.8 Å². The molecule has 1 aliphatic rings. The summed E-state index contributed by atoms with van der Waals surface area (Å²) in [6, 6.07) is 7.70. The first-order chi connectivity index (χ1) is 6.35. The summed E-state index contributed by atoms with van der Waals surface area (Å²) in [7, 11) is 1.64. The number of aliphatic hydroxyl groups excluding tert-OH is 1. The summed E-state index contributed by atoms with van der Waals surface area (Å²) in [4.78, 5) is 0. The standard InChI is InChI=1S/C10H12O3/c1-12-8-4-2-7(3-5-8)10-9(6-11)13-10/h2-5,9-11H,6H2,1H3/t9-,10-/m1/s1. The quantitative estimate of drug-likeness (QED) is 0.709. The van der Waals surface area contributed by atoms with E-state index >= 15 is 0 Å². The fraction of sp³-hybridized carbons (Fsp3) is 0.400. The SMILES string of the molecule is COc1ccc([C@H]2O[C@@H]2CO)cc1. The molecule has 3 heteroatoms. The normalized spacial score (nSPS) is 25.7. The second-order valence-electron chi connectivity index (χ2n) is 3.05. The Kier molecular flexibility index (Phi) is 2.20. The van der Waals surface area contributed by atoms with Gasteiger partial charge in [0.05, 0.1) is 13.7 Å². The molecule has 0 bridgehead atoms. The molecule has 0 saturated carbocycles. The number of benzene rings is 1. The Hall–Kier alpha value is -1.06. The van der Waals surface area contributed by atoms with Crippen LogP contribution in [0.3, 0.4) is 0 Å². The Morgan fingerprint density at radius 3 is 2.54 bits per heavy atom. The molecule has 1 aliphatic heterocycles. The first kappa shape index (κ1) is 8.53. The minimum atomic E-state index is -0.00612. The third kappa shape index (κ3) is 1.66. The second kappa shape index (κ2) is 3.36. The molecule has 3 nitrogen and oxygen atoms in total. The van der Waals surface area contributed by atoms with Crippen molar-refractivity contribution in [1.82, 2.24) is 0 Å². The summed E-state index contributed by atoms with van der Waals surface area (Å²) in [5, 5.41) is 8.79. The highest BCUT2D eigenvalue weighted by atomic mass is 16.6. The van der Waals surface area contributed by atoms with Gasteiger partial charge in [-0.3, -0.25) is 0 Å². The monoisotopic (exact) mass is 180 g/mol. The molecule has 70 valence electrons. The van der Waals surface area contributed by atoms with Gasteiger partial charge in [-0.2, -0.15) is 0 Å². The van der Waals surface area contributed by atoms with Crippen molar-refractivity contribution in [3.63, 3.8) is 0 Å². The lowest BCUT2D eigenvalue weighted by atomic mass is 10.1. The van der Waals surface area contributed by atoms with Gasteiger partial charge in [0.15, 0.2) is 0 Å². The summed E-state index contributed by atoms with van der Waals surface area (Å²) >= 11 is 0. The number of ether oxygens (including phenoxy) is 2. The predicted molar refractivity (Wildman–Crippen MR) is 47.7 cm³/mol. The molecule has 0 aliphatic carbocycles. The molecule has 1 heterocycles. The summed E-state index contributed by atoms with van der Waals surface area (Å²) in [6.45, 7) is 0.0939. The van der Waals surface area contributed by atoms with Gasteiger partial charge >= 0.3 is 0 Å². The fourth-order valence-corrected chi connectivity index (χ4v) is 1.37. The van der Waals surface area contributed by atoms with Crippen molar-refractivity contribution in [1.29, 1.82) is 0 Å². The number of aliphatic hydroxyl groups is 1. The zero-order valence-electron chi connectivity index (χ0n) is 7.43. The van der Waals surface area contributed by atoms with Crippen LogP contribution in [0.25, 0.3) is 0 Å². The van der Waals surface area contributed by atoms with Crippen LogP contribution in [0.15, 0.2) is 24.3 Å². The maximum Gasteiger partial charge on any atom is 0.118 e. The van der Waals surface area contributed by atoms with Gasteiger partial charge in [0, 0.05) is 0 Å². The molecular weight excluding hydrogens is 168 g/mol. The summed E-state index contributed by atoms with van der Waals surface area (Å²) < 4.78 is 10.3. The van der Waals surface area contributed by atoms with Gasteiger partial charge in [-0.1, -0.05) is 12.1 Å². The molecule has 1 N–H and O–H groups in total. The van der Waals surface area contributed by atoms with Crippen LogP contribution in [0.1, 0.15) is 11.7 Å². The van der Waals surface area contributed by atoms with E-state index in [4.69, 9.17) is 14.6 Å².